The van der Waals surface area contributed by atoms with Crippen LogP contribution in [0.1, 0.15) is 23.2 Å². The van der Waals surface area contributed by atoms with Crippen LogP contribution in [-0.2, 0) is 14.3 Å². The molecule has 2 amide bonds. The van der Waals surface area contributed by atoms with Crippen LogP contribution in [0.3, 0.4) is 0 Å². The van der Waals surface area contributed by atoms with Crippen LogP contribution >= 0.6 is 11.8 Å². The molecule has 1 fully saturated rings. The Kier molecular flexibility index (Phi) is 6.13. The van der Waals surface area contributed by atoms with Gasteiger partial charge in [0.2, 0.25) is 5.91 Å². The molecule has 2 aromatic rings. The molecule has 1 saturated heterocycles. The molecule has 0 aromatic heterocycles. The van der Waals surface area contributed by atoms with Crippen LogP contribution < -0.4 is 10.2 Å². The molecule has 1 aliphatic rings. The molecule has 1 N–H and O–H groups in total. The molecule has 6 nitrogen and oxygen atoms in total. The maximum Gasteiger partial charge on any atom is 0.338 e. The molecule has 0 unspecified atom stereocenters. The summed E-state index contributed by atoms with van der Waals surface area (Å²) in [6.07, 6.45) is 3.35. The number of carbonyl (C=O) groups excluding carboxylic acids is 3. The lowest BCUT2D eigenvalue weighted by Gasteiger charge is -2.15. The zero-order valence-corrected chi connectivity index (χ0v) is 15.8. The molecule has 0 bridgehead atoms. The number of anilines is 2. The van der Waals surface area contributed by atoms with Crippen LogP contribution in [0, 0.1) is 0 Å². The van der Waals surface area contributed by atoms with Gasteiger partial charge in [-0.1, -0.05) is 6.07 Å². The minimum absolute atomic E-state index is 0.0903. The van der Waals surface area contributed by atoms with Gasteiger partial charge in [-0.25, -0.2) is 4.79 Å². The third-order valence-electron chi connectivity index (χ3n) is 4.18. The maximum absolute atomic E-state index is 12.1. The summed E-state index contributed by atoms with van der Waals surface area (Å²) in [6, 6.07) is 14.0. The molecule has 0 aliphatic carbocycles. The van der Waals surface area contributed by atoms with E-state index in [0.29, 0.717) is 24.2 Å². The highest BCUT2D eigenvalue weighted by Crippen LogP contribution is 2.22. The highest BCUT2D eigenvalue weighted by atomic mass is 32.2. The third kappa shape index (κ3) is 4.89. The van der Waals surface area contributed by atoms with E-state index in [1.165, 1.54) is 0 Å². The fraction of sp³-hybridized carbons (Fsp3) is 0.250. The first-order valence-corrected chi connectivity index (χ1v) is 9.81. The summed E-state index contributed by atoms with van der Waals surface area (Å²) in [4.78, 5) is 38.6. The van der Waals surface area contributed by atoms with Gasteiger partial charge < -0.3 is 15.0 Å². The summed E-state index contributed by atoms with van der Waals surface area (Å²) in [7, 11) is 0. The Morgan fingerprint density at radius 2 is 1.96 bits per heavy atom. The second kappa shape index (κ2) is 8.73. The molecule has 0 atom stereocenters. The lowest BCUT2D eigenvalue weighted by molar-refractivity contribution is -0.119. The normalized spacial score (nSPS) is 13.5. The Balaban J connectivity index is 1.52. The van der Waals surface area contributed by atoms with E-state index in [2.05, 4.69) is 5.32 Å². The number of nitrogens with one attached hydrogen (secondary N) is 1. The molecule has 7 heteroatoms. The Morgan fingerprint density at radius 1 is 1.19 bits per heavy atom. The van der Waals surface area contributed by atoms with Crippen LogP contribution in [0.4, 0.5) is 11.4 Å². The molecule has 0 saturated carbocycles. The summed E-state index contributed by atoms with van der Waals surface area (Å²) >= 11 is 1.57. The van der Waals surface area contributed by atoms with Crippen molar-refractivity contribution in [3.8, 4) is 0 Å². The Morgan fingerprint density at radius 3 is 2.63 bits per heavy atom. The van der Waals surface area contributed by atoms with Gasteiger partial charge >= 0.3 is 5.97 Å². The number of esters is 1. The van der Waals surface area contributed by atoms with E-state index >= 15 is 0 Å². The summed E-state index contributed by atoms with van der Waals surface area (Å²) in [6.45, 7) is 0.329. The molecule has 1 heterocycles. The number of carbonyl (C=O) groups is 3. The molecule has 27 heavy (non-hydrogen) atoms. The van der Waals surface area contributed by atoms with Crippen LogP contribution in [0.2, 0.25) is 0 Å². The molecule has 2 aromatic carbocycles. The van der Waals surface area contributed by atoms with Gasteiger partial charge in [0, 0.05) is 29.2 Å². The number of amides is 2. The number of rotatable bonds is 6. The summed E-state index contributed by atoms with van der Waals surface area (Å²) in [5.41, 5.74) is 1.76. The van der Waals surface area contributed by atoms with Gasteiger partial charge in [0.1, 0.15) is 0 Å². The largest absolute Gasteiger partial charge is 0.452 e. The van der Waals surface area contributed by atoms with Crippen LogP contribution in [0.25, 0.3) is 0 Å². The number of thioether (sulfide) groups is 1. The van der Waals surface area contributed by atoms with E-state index in [9.17, 15) is 14.4 Å². The topological polar surface area (TPSA) is 75.7 Å². The second-order valence-electron chi connectivity index (χ2n) is 6.05. The highest BCUT2D eigenvalue weighted by molar-refractivity contribution is 7.98. The van der Waals surface area contributed by atoms with E-state index in [1.807, 2.05) is 24.5 Å². The highest BCUT2D eigenvalue weighted by Gasteiger charge is 2.21. The number of nitrogens with zero attached hydrogens (tertiary/aromatic N) is 1. The van der Waals surface area contributed by atoms with Crippen molar-refractivity contribution in [3.05, 3.63) is 54.1 Å². The molecule has 1 aliphatic heterocycles. The minimum atomic E-state index is -0.581. The van der Waals surface area contributed by atoms with Gasteiger partial charge in [0.05, 0.1) is 5.56 Å². The Hall–Kier alpha value is -2.80. The first-order chi connectivity index (χ1) is 13.1. The Bertz CT molecular complexity index is 851. The first kappa shape index (κ1) is 19.0. The van der Waals surface area contributed by atoms with E-state index < -0.39 is 11.9 Å². The molecule has 0 spiro atoms. The zero-order chi connectivity index (χ0) is 19.2. The molecule has 0 radical (unpaired) electrons. The lowest BCUT2D eigenvalue weighted by Crippen LogP contribution is -2.23. The van der Waals surface area contributed by atoms with Crippen molar-refractivity contribution < 1.29 is 19.1 Å². The van der Waals surface area contributed by atoms with Gasteiger partial charge in [-0.15, -0.1) is 11.8 Å². The van der Waals surface area contributed by atoms with Crippen molar-refractivity contribution in [1.29, 1.82) is 0 Å². The molecule has 3 rings (SSSR count). The standard InChI is InChI=1S/C20H20N2O4S/c1-27-17-5-2-4-15(12-17)21-18(23)13-26-20(25)14-7-9-16(10-8-14)22-11-3-6-19(22)24/h2,4-5,7-10,12H,3,6,11,13H2,1H3,(H,21,23). The average Bonchev–Trinajstić information content (AvgIpc) is 3.12. The van der Waals surface area contributed by atoms with Crippen molar-refractivity contribution >= 4 is 40.9 Å². The average molecular weight is 384 g/mol. The number of benzene rings is 2. The van der Waals surface area contributed by atoms with Gasteiger partial charge in [0.15, 0.2) is 6.61 Å². The first-order valence-electron chi connectivity index (χ1n) is 8.58. The predicted molar refractivity (Wildman–Crippen MR) is 105 cm³/mol. The second-order valence-corrected chi connectivity index (χ2v) is 6.93. The van der Waals surface area contributed by atoms with Crippen LogP contribution in [-0.4, -0.2) is 37.2 Å². The van der Waals surface area contributed by atoms with E-state index in [-0.39, 0.29) is 12.5 Å². The van der Waals surface area contributed by atoms with Crippen molar-refractivity contribution in [2.45, 2.75) is 17.7 Å². The van der Waals surface area contributed by atoms with E-state index in [4.69, 9.17) is 4.74 Å². The summed E-state index contributed by atoms with van der Waals surface area (Å²) in [5, 5.41) is 2.70. The summed E-state index contributed by atoms with van der Waals surface area (Å²) in [5.74, 6) is -0.893. The Labute approximate surface area is 161 Å². The van der Waals surface area contributed by atoms with Gasteiger partial charge in [-0.2, -0.15) is 0 Å². The van der Waals surface area contributed by atoms with Crippen LogP contribution in [0.15, 0.2) is 53.4 Å². The fourth-order valence-electron chi connectivity index (χ4n) is 2.81. The molecular formula is C20H20N2O4S. The van der Waals surface area contributed by atoms with Crippen LogP contribution in [0.5, 0.6) is 0 Å². The molecule has 140 valence electrons. The smallest absolute Gasteiger partial charge is 0.338 e. The van der Waals surface area contributed by atoms with Crippen molar-refractivity contribution in [1.82, 2.24) is 0 Å². The number of ether oxygens (including phenoxy) is 1. The van der Waals surface area contributed by atoms with Gasteiger partial charge in [0.25, 0.3) is 5.91 Å². The van der Waals surface area contributed by atoms with Gasteiger partial charge in [-0.05, 0) is 55.1 Å². The van der Waals surface area contributed by atoms with Gasteiger partial charge in [-0.3, -0.25) is 9.59 Å². The molecular weight excluding hydrogens is 364 g/mol. The predicted octanol–water partition coefficient (Wildman–Crippen LogP) is 3.33. The monoisotopic (exact) mass is 384 g/mol. The van der Waals surface area contributed by atoms with Crippen molar-refractivity contribution in [3.63, 3.8) is 0 Å². The van der Waals surface area contributed by atoms with E-state index in [0.717, 1.165) is 17.0 Å². The van der Waals surface area contributed by atoms with Crippen molar-refractivity contribution in [2.24, 2.45) is 0 Å². The van der Waals surface area contributed by atoms with Crippen molar-refractivity contribution in [2.75, 3.05) is 29.6 Å². The maximum atomic E-state index is 12.1. The van der Waals surface area contributed by atoms with E-state index in [1.54, 1.807) is 47.0 Å². The minimum Gasteiger partial charge on any atom is -0.452 e. The quantitative estimate of drug-likeness (QED) is 0.611. The zero-order valence-electron chi connectivity index (χ0n) is 14.9. The fourth-order valence-corrected chi connectivity index (χ4v) is 3.27. The SMILES string of the molecule is CSc1cccc(NC(=O)COC(=O)c2ccc(N3CCCC3=O)cc2)c1. The number of hydrogen-bond acceptors (Lipinski definition) is 5. The lowest BCUT2D eigenvalue weighted by atomic mass is 10.2. The number of hydrogen-bond donors (Lipinski definition) is 1. The third-order valence-corrected chi connectivity index (χ3v) is 4.90. The summed E-state index contributed by atoms with van der Waals surface area (Å²) < 4.78 is 5.07.